The molecule has 0 fully saturated rings. The summed E-state index contributed by atoms with van der Waals surface area (Å²) in [4.78, 5) is 0. The van der Waals surface area contributed by atoms with Crippen molar-refractivity contribution in [2.75, 3.05) is 0 Å². The summed E-state index contributed by atoms with van der Waals surface area (Å²) in [5.41, 5.74) is 7.67. The Labute approximate surface area is 150 Å². The molecule has 24 heavy (non-hydrogen) atoms. The van der Waals surface area contributed by atoms with E-state index in [1.807, 2.05) is 0 Å². The van der Waals surface area contributed by atoms with Gasteiger partial charge in [0.2, 0.25) is 0 Å². The SMILES string of the molecule is CC1=C(\C(C)C)C/C=C\C/C(B/C2=C/C=C(/C(C)C)C/C=C\C2)=C\1. The van der Waals surface area contributed by atoms with E-state index in [4.69, 9.17) is 0 Å². The van der Waals surface area contributed by atoms with E-state index in [0.717, 1.165) is 33.0 Å². The summed E-state index contributed by atoms with van der Waals surface area (Å²) >= 11 is 0. The van der Waals surface area contributed by atoms with Gasteiger partial charge in [0, 0.05) is 0 Å². The van der Waals surface area contributed by atoms with Crippen LogP contribution in [0.15, 0.2) is 70.2 Å². The van der Waals surface area contributed by atoms with E-state index in [-0.39, 0.29) is 0 Å². The van der Waals surface area contributed by atoms with Crippen LogP contribution in [0.3, 0.4) is 0 Å². The summed E-state index contributed by atoms with van der Waals surface area (Å²) in [6, 6.07) is 0. The van der Waals surface area contributed by atoms with Crippen LogP contribution in [-0.4, -0.2) is 7.28 Å². The van der Waals surface area contributed by atoms with Gasteiger partial charge >= 0.3 is 0 Å². The van der Waals surface area contributed by atoms with Crippen LogP contribution in [0.2, 0.25) is 0 Å². The van der Waals surface area contributed by atoms with Crippen LogP contribution in [0.1, 0.15) is 60.3 Å². The van der Waals surface area contributed by atoms with Crippen LogP contribution < -0.4 is 0 Å². The molecular formula is C23H33B. The molecule has 0 saturated heterocycles. The Morgan fingerprint density at radius 1 is 0.750 bits per heavy atom. The molecule has 0 aromatic rings. The fraction of sp³-hybridized carbons (Fsp3) is 0.478. The average Bonchev–Trinajstić information content (AvgIpc) is 2.46. The number of hydrogen-bond acceptors (Lipinski definition) is 0. The van der Waals surface area contributed by atoms with Gasteiger partial charge in [-0.25, -0.2) is 0 Å². The highest BCUT2D eigenvalue weighted by atomic mass is 14.1. The largest absolute Gasteiger partial charge is 0.182 e. The maximum atomic E-state index is 2.45. The van der Waals surface area contributed by atoms with Crippen LogP contribution in [0.5, 0.6) is 0 Å². The maximum absolute atomic E-state index is 2.45. The van der Waals surface area contributed by atoms with Crippen LogP contribution in [-0.2, 0) is 0 Å². The van der Waals surface area contributed by atoms with Gasteiger partial charge in [-0.2, -0.15) is 0 Å². The smallest absolute Gasteiger partial charge is 0.0964 e. The molecule has 0 radical (unpaired) electrons. The van der Waals surface area contributed by atoms with Crippen molar-refractivity contribution in [1.29, 1.82) is 0 Å². The Morgan fingerprint density at radius 3 is 2.04 bits per heavy atom. The summed E-state index contributed by atoms with van der Waals surface area (Å²) in [7, 11) is 1.10. The van der Waals surface area contributed by atoms with Gasteiger partial charge in [-0.05, 0) is 44.4 Å². The summed E-state index contributed by atoms with van der Waals surface area (Å²) in [6.45, 7) is 11.5. The molecule has 0 atom stereocenters. The van der Waals surface area contributed by atoms with Crippen LogP contribution in [0.4, 0.5) is 0 Å². The number of rotatable bonds is 4. The Morgan fingerprint density at radius 2 is 1.38 bits per heavy atom. The predicted octanol–water partition coefficient (Wildman–Crippen LogP) is 6.45. The molecule has 0 aliphatic heterocycles. The summed E-state index contributed by atoms with van der Waals surface area (Å²) in [6.07, 6.45) is 21.0. The first-order valence-electron chi connectivity index (χ1n) is 9.55. The normalized spacial score (nSPS) is 31.5. The standard InChI is InChI=1S/C23H33B/c1-17(2)20-10-6-7-11-21(15-14-20)24-22-12-8-9-13-23(18(3)4)19(5)16-22/h6-9,14-18,24H,10-13H2,1-5H3/b7-6-,9-8-,20-14+,21-15+,22-16+,23-19+. The molecule has 128 valence electrons. The average molecular weight is 320 g/mol. The minimum absolute atomic E-state index is 0.630. The van der Waals surface area contributed by atoms with Gasteiger partial charge in [-0.1, -0.05) is 97.9 Å². The molecule has 0 spiro atoms. The molecule has 0 nitrogen and oxygen atoms in total. The van der Waals surface area contributed by atoms with Gasteiger partial charge in [-0.15, -0.1) is 0 Å². The van der Waals surface area contributed by atoms with Gasteiger partial charge in [0.25, 0.3) is 0 Å². The summed E-state index contributed by atoms with van der Waals surface area (Å²) in [5, 5.41) is 0. The third kappa shape index (κ3) is 5.55. The summed E-state index contributed by atoms with van der Waals surface area (Å²) < 4.78 is 0. The fourth-order valence-corrected chi connectivity index (χ4v) is 3.54. The molecule has 0 aromatic carbocycles. The van der Waals surface area contributed by atoms with Crippen molar-refractivity contribution in [1.82, 2.24) is 0 Å². The van der Waals surface area contributed by atoms with Crippen molar-refractivity contribution in [3.8, 4) is 0 Å². The highest BCUT2D eigenvalue weighted by Crippen LogP contribution is 2.25. The quantitative estimate of drug-likeness (QED) is 0.413. The van der Waals surface area contributed by atoms with Crippen LogP contribution in [0.25, 0.3) is 0 Å². The fourth-order valence-electron chi connectivity index (χ4n) is 3.54. The van der Waals surface area contributed by atoms with Crippen molar-refractivity contribution in [3.63, 3.8) is 0 Å². The lowest BCUT2D eigenvalue weighted by Gasteiger charge is -2.17. The number of hydrogen-bond donors (Lipinski definition) is 0. The van der Waals surface area contributed by atoms with Crippen molar-refractivity contribution in [2.24, 2.45) is 11.8 Å². The van der Waals surface area contributed by atoms with Crippen LogP contribution in [0, 0.1) is 11.8 Å². The zero-order valence-electron chi connectivity index (χ0n) is 16.2. The van der Waals surface area contributed by atoms with E-state index in [1.165, 1.54) is 16.6 Å². The second-order valence-electron chi connectivity index (χ2n) is 7.82. The lowest BCUT2D eigenvalue weighted by Crippen LogP contribution is -2.05. The molecule has 2 aliphatic carbocycles. The van der Waals surface area contributed by atoms with Gasteiger partial charge in [0.15, 0.2) is 7.28 Å². The molecular weight excluding hydrogens is 287 g/mol. The van der Waals surface area contributed by atoms with Gasteiger partial charge in [0.1, 0.15) is 0 Å². The lowest BCUT2D eigenvalue weighted by atomic mass is 9.59. The minimum atomic E-state index is 0.630. The van der Waals surface area contributed by atoms with E-state index in [1.54, 1.807) is 11.0 Å². The zero-order valence-corrected chi connectivity index (χ0v) is 16.2. The summed E-state index contributed by atoms with van der Waals surface area (Å²) in [5.74, 6) is 1.26. The molecule has 0 saturated carbocycles. The molecule has 0 aromatic heterocycles. The molecule has 0 N–H and O–H groups in total. The lowest BCUT2D eigenvalue weighted by molar-refractivity contribution is 0.737. The predicted molar refractivity (Wildman–Crippen MR) is 111 cm³/mol. The van der Waals surface area contributed by atoms with Gasteiger partial charge in [0.05, 0.1) is 0 Å². The van der Waals surface area contributed by atoms with E-state index in [0.29, 0.717) is 11.8 Å². The Balaban J connectivity index is 2.23. The van der Waals surface area contributed by atoms with Crippen molar-refractivity contribution < 1.29 is 0 Å². The number of allylic oxidation sites excluding steroid dienone is 12. The topological polar surface area (TPSA) is 0 Å². The highest BCUT2D eigenvalue weighted by Gasteiger charge is 2.11. The third-order valence-corrected chi connectivity index (χ3v) is 5.14. The van der Waals surface area contributed by atoms with Crippen LogP contribution >= 0.6 is 0 Å². The maximum Gasteiger partial charge on any atom is 0.182 e. The molecule has 1 heteroatoms. The third-order valence-electron chi connectivity index (χ3n) is 5.14. The highest BCUT2D eigenvalue weighted by molar-refractivity contribution is 6.54. The van der Waals surface area contributed by atoms with E-state index in [9.17, 15) is 0 Å². The molecule has 0 amide bonds. The van der Waals surface area contributed by atoms with E-state index in [2.05, 4.69) is 77.2 Å². The first-order chi connectivity index (χ1) is 11.5. The Bertz CT molecular complexity index is 618. The second-order valence-corrected chi connectivity index (χ2v) is 7.82. The van der Waals surface area contributed by atoms with Crippen molar-refractivity contribution >= 4 is 7.28 Å². The van der Waals surface area contributed by atoms with Crippen molar-refractivity contribution in [2.45, 2.75) is 60.3 Å². The first kappa shape index (κ1) is 18.8. The molecule has 0 unspecified atom stereocenters. The molecule has 0 heterocycles. The Kier molecular flexibility index (Phi) is 7.15. The second kappa shape index (κ2) is 9.11. The molecule has 0 bridgehead atoms. The van der Waals surface area contributed by atoms with E-state index >= 15 is 0 Å². The molecule has 2 aliphatic rings. The zero-order chi connectivity index (χ0) is 17.5. The molecule has 2 rings (SSSR count). The van der Waals surface area contributed by atoms with Gasteiger partial charge in [-0.3, -0.25) is 0 Å². The Hall–Kier alpha value is -1.50. The monoisotopic (exact) mass is 320 g/mol. The van der Waals surface area contributed by atoms with E-state index < -0.39 is 0 Å². The van der Waals surface area contributed by atoms with Gasteiger partial charge < -0.3 is 0 Å². The first-order valence-corrected chi connectivity index (χ1v) is 9.55. The van der Waals surface area contributed by atoms with Crippen molar-refractivity contribution in [3.05, 3.63) is 70.2 Å². The minimum Gasteiger partial charge on any atom is -0.0964 e.